The Labute approximate surface area is 516 Å². The van der Waals surface area contributed by atoms with Crippen LogP contribution >= 0.6 is 0 Å². The van der Waals surface area contributed by atoms with Crippen LogP contribution in [0, 0.1) is 0 Å². The van der Waals surface area contributed by atoms with Crippen LogP contribution in [0.5, 0.6) is 0 Å². The topological polar surface area (TPSA) is 175 Å². The van der Waals surface area contributed by atoms with Gasteiger partial charge < -0.3 is 45.1 Å². The highest BCUT2D eigenvalue weighted by molar-refractivity contribution is 5.76. The van der Waals surface area contributed by atoms with Crippen molar-refractivity contribution in [2.24, 2.45) is 0 Å². The molecular formula is C73H133NO10. The smallest absolute Gasteiger partial charge is 0.305 e. The molecule has 1 heterocycles. The van der Waals surface area contributed by atoms with Gasteiger partial charge in [-0.05, 0) is 83.5 Å². The normalized spacial score (nSPS) is 18.4. The summed E-state index contributed by atoms with van der Waals surface area (Å²) in [5.74, 6) is -0.189. The number of aliphatic hydroxyl groups excluding tert-OH is 5. The average molecular weight is 1180 g/mol. The Kier molecular flexibility index (Phi) is 58.6. The number of hydrogen-bond acceptors (Lipinski definition) is 10. The molecule has 0 bridgehead atoms. The lowest BCUT2D eigenvalue weighted by Gasteiger charge is -2.40. The fourth-order valence-corrected chi connectivity index (χ4v) is 11.0. The van der Waals surface area contributed by atoms with Crippen LogP contribution in [-0.2, 0) is 23.8 Å². The molecule has 0 aromatic carbocycles. The van der Waals surface area contributed by atoms with E-state index in [9.17, 15) is 35.1 Å². The van der Waals surface area contributed by atoms with Crippen molar-refractivity contribution in [3.63, 3.8) is 0 Å². The number of hydrogen-bond donors (Lipinski definition) is 6. The Morgan fingerprint density at radius 3 is 1.29 bits per heavy atom. The van der Waals surface area contributed by atoms with Crippen LogP contribution in [0.25, 0.3) is 0 Å². The highest BCUT2D eigenvalue weighted by atomic mass is 16.7. The number of allylic oxidation sites excluding steroid dienone is 9. The molecule has 1 fully saturated rings. The molecule has 1 saturated heterocycles. The lowest BCUT2D eigenvalue weighted by atomic mass is 9.99. The van der Waals surface area contributed by atoms with Gasteiger partial charge in [0.05, 0.1) is 32.0 Å². The van der Waals surface area contributed by atoms with E-state index in [0.717, 1.165) is 77.0 Å². The fraction of sp³-hybridized carbons (Fsp3) is 0.836. The minimum absolute atomic E-state index is 0.00603. The Morgan fingerprint density at radius 1 is 0.440 bits per heavy atom. The molecule has 1 aliphatic heterocycles. The Morgan fingerprint density at radius 2 is 0.821 bits per heavy atom. The van der Waals surface area contributed by atoms with Crippen molar-refractivity contribution < 1.29 is 49.3 Å². The molecule has 1 amide bonds. The Hall–Kier alpha value is -2.64. The molecule has 84 heavy (non-hydrogen) atoms. The summed E-state index contributed by atoms with van der Waals surface area (Å²) in [5, 5.41) is 54.4. The van der Waals surface area contributed by atoms with E-state index >= 15 is 0 Å². The number of rotatable bonds is 62. The summed E-state index contributed by atoms with van der Waals surface area (Å²) in [4.78, 5) is 25.1. The fourth-order valence-electron chi connectivity index (χ4n) is 11.0. The van der Waals surface area contributed by atoms with Crippen molar-refractivity contribution in [2.45, 2.75) is 371 Å². The minimum Gasteiger partial charge on any atom is -0.466 e. The molecule has 490 valence electrons. The van der Waals surface area contributed by atoms with Crippen LogP contribution in [0.1, 0.15) is 328 Å². The van der Waals surface area contributed by atoms with Gasteiger partial charge in [0.1, 0.15) is 24.4 Å². The van der Waals surface area contributed by atoms with Crippen LogP contribution in [-0.4, -0.2) is 100 Å². The maximum Gasteiger partial charge on any atom is 0.305 e. The zero-order valence-corrected chi connectivity index (χ0v) is 54.4. The first-order chi connectivity index (χ1) is 41.2. The SMILES string of the molecule is CCCC/C=C/CC/C=C/CC/C=C/C(O)C(COC1OC(CO)C(O)C(O)C1O)NC(=O)CCCCCCCCCCCCCCCCCCC/C=C\C/C=C\CCCCCCCCCCCOC(=O)CCCCCCCCCCCCC. The van der Waals surface area contributed by atoms with Gasteiger partial charge in [-0.15, -0.1) is 0 Å². The lowest BCUT2D eigenvalue weighted by Crippen LogP contribution is -2.60. The number of carbonyl (C=O) groups excluding carboxylic acids is 2. The second-order valence-corrected chi connectivity index (χ2v) is 24.6. The second kappa shape index (κ2) is 62.0. The van der Waals surface area contributed by atoms with Gasteiger partial charge in [-0.3, -0.25) is 9.59 Å². The maximum atomic E-state index is 13.0. The van der Waals surface area contributed by atoms with Crippen LogP contribution in [0.3, 0.4) is 0 Å². The largest absolute Gasteiger partial charge is 0.466 e. The van der Waals surface area contributed by atoms with Gasteiger partial charge in [-0.2, -0.15) is 0 Å². The van der Waals surface area contributed by atoms with Crippen LogP contribution in [0.2, 0.25) is 0 Å². The van der Waals surface area contributed by atoms with Crippen molar-refractivity contribution in [3.05, 3.63) is 60.8 Å². The molecule has 0 spiro atoms. The summed E-state index contributed by atoms with van der Waals surface area (Å²) >= 11 is 0. The van der Waals surface area contributed by atoms with E-state index in [-0.39, 0.29) is 18.5 Å². The highest BCUT2D eigenvalue weighted by Crippen LogP contribution is 2.23. The molecule has 0 saturated carbocycles. The van der Waals surface area contributed by atoms with Crippen LogP contribution in [0.15, 0.2) is 60.8 Å². The summed E-state index contributed by atoms with van der Waals surface area (Å²) in [6.07, 6.45) is 72.2. The molecule has 11 heteroatoms. The van der Waals surface area contributed by atoms with Gasteiger partial charge >= 0.3 is 5.97 Å². The van der Waals surface area contributed by atoms with E-state index < -0.39 is 49.5 Å². The molecule has 0 aromatic heterocycles. The van der Waals surface area contributed by atoms with E-state index in [0.29, 0.717) is 19.4 Å². The van der Waals surface area contributed by atoms with Gasteiger partial charge in [-0.1, -0.05) is 293 Å². The van der Waals surface area contributed by atoms with Crippen molar-refractivity contribution >= 4 is 11.9 Å². The highest BCUT2D eigenvalue weighted by Gasteiger charge is 2.44. The van der Waals surface area contributed by atoms with E-state index in [4.69, 9.17) is 14.2 Å². The number of amides is 1. The van der Waals surface area contributed by atoms with Crippen molar-refractivity contribution in [1.29, 1.82) is 0 Å². The van der Waals surface area contributed by atoms with E-state index in [1.807, 2.05) is 6.08 Å². The number of esters is 1. The zero-order valence-electron chi connectivity index (χ0n) is 54.4. The number of unbranched alkanes of at least 4 members (excludes halogenated alkanes) is 40. The van der Waals surface area contributed by atoms with E-state index in [2.05, 4.69) is 67.8 Å². The van der Waals surface area contributed by atoms with Gasteiger partial charge in [0.25, 0.3) is 0 Å². The van der Waals surface area contributed by atoms with Crippen LogP contribution < -0.4 is 5.32 Å². The molecule has 1 aliphatic rings. The first kappa shape index (κ1) is 79.4. The molecule has 7 unspecified atom stereocenters. The predicted molar refractivity (Wildman–Crippen MR) is 352 cm³/mol. The third-order valence-corrected chi connectivity index (χ3v) is 16.6. The summed E-state index contributed by atoms with van der Waals surface area (Å²) in [5.41, 5.74) is 0. The predicted octanol–water partition coefficient (Wildman–Crippen LogP) is 18.1. The summed E-state index contributed by atoms with van der Waals surface area (Å²) in [6, 6.07) is -0.834. The van der Waals surface area contributed by atoms with Crippen molar-refractivity contribution in [3.8, 4) is 0 Å². The summed E-state index contributed by atoms with van der Waals surface area (Å²) in [6.45, 7) is 4.29. The number of carbonyl (C=O) groups is 2. The second-order valence-electron chi connectivity index (χ2n) is 24.6. The van der Waals surface area contributed by atoms with Crippen molar-refractivity contribution in [2.75, 3.05) is 19.8 Å². The molecule has 6 N–H and O–H groups in total. The van der Waals surface area contributed by atoms with Gasteiger partial charge in [0, 0.05) is 12.8 Å². The molecule has 0 aromatic rings. The first-order valence-electron chi connectivity index (χ1n) is 35.6. The summed E-state index contributed by atoms with van der Waals surface area (Å²) < 4.78 is 16.7. The third-order valence-electron chi connectivity index (χ3n) is 16.6. The number of ether oxygens (including phenoxy) is 3. The zero-order chi connectivity index (χ0) is 60.9. The van der Waals surface area contributed by atoms with Gasteiger partial charge in [-0.25, -0.2) is 0 Å². The van der Waals surface area contributed by atoms with Crippen LogP contribution in [0.4, 0.5) is 0 Å². The maximum absolute atomic E-state index is 13.0. The molecule has 7 atom stereocenters. The van der Waals surface area contributed by atoms with Gasteiger partial charge in [0.2, 0.25) is 5.91 Å². The standard InChI is InChI=1S/C73H133NO10/c1-3-5-7-9-11-13-15-40-43-47-51-55-59-66(76)65(64-83-73-72(81)71(80)70(79)67(63-75)84-73)74-68(77)60-56-52-48-44-41-37-35-33-31-29-27-25-23-21-19-17-16-18-20-22-24-26-28-30-32-34-36-38-42-46-50-54-58-62-82-69(78)61-57-53-49-45-39-14-12-10-8-6-4-2/h9,11,20,22,26,28,40,43,55,59,65-67,70-73,75-76,79-81H,3-8,10,12-19,21,23-25,27,29-39,41-42,44-54,56-58,60-64H2,1-2H3,(H,74,77)/b11-9+,22-20-,28-26-,43-40+,59-55+. The Balaban J connectivity index is 1.97. The quantitative estimate of drug-likeness (QED) is 0.0195. The summed E-state index contributed by atoms with van der Waals surface area (Å²) in [7, 11) is 0. The average Bonchev–Trinajstić information content (AvgIpc) is 3.70. The molecule has 1 rings (SSSR count). The third kappa shape index (κ3) is 50.4. The molecule has 11 nitrogen and oxygen atoms in total. The van der Waals surface area contributed by atoms with E-state index in [1.165, 1.54) is 225 Å². The number of nitrogens with one attached hydrogen (secondary N) is 1. The minimum atomic E-state index is -1.58. The molecular weight excluding hydrogens is 1050 g/mol. The lowest BCUT2D eigenvalue weighted by molar-refractivity contribution is -0.302. The molecule has 0 radical (unpaired) electrons. The number of aliphatic hydroxyl groups is 5. The van der Waals surface area contributed by atoms with E-state index in [1.54, 1.807) is 6.08 Å². The Bertz CT molecular complexity index is 1580. The van der Waals surface area contributed by atoms with Crippen molar-refractivity contribution in [1.82, 2.24) is 5.32 Å². The molecule has 0 aliphatic carbocycles. The van der Waals surface area contributed by atoms with Gasteiger partial charge in [0.15, 0.2) is 6.29 Å². The first-order valence-corrected chi connectivity index (χ1v) is 35.6. The monoisotopic (exact) mass is 1180 g/mol.